The highest BCUT2D eigenvalue weighted by atomic mass is 32.1. The van der Waals surface area contributed by atoms with Crippen LogP contribution in [0.2, 0.25) is 0 Å². The number of nitrogens with one attached hydrogen (secondary N) is 1. The smallest absolute Gasteiger partial charge is 0.0330 e. The first-order chi connectivity index (χ1) is 7.85. The lowest BCUT2D eigenvalue weighted by Gasteiger charge is -2.25. The largest absolute Gasteiger partial charge is 0.313 e. The lowest BCUT2D eigenvalue weighted by molar-refractivity contribution is 0.271. The molecular weight excluding hydrogens is 216 g/mol. The number of rotatable bonds is 5. The van der Waals surface area contributed by atoms with E-state index in [-0.39, 0.29) is 0 Å². The van der Waals surface area contributed by atoms with E-state index in [1.807, 2.05) is 11.3 Å². The third-order valence-electron chi connectivity index (χ3n) is 3.30. The van der Waals surface area contributed by atoms with Crippen molar-refractivity contribution in [2.45, 2.75) is 39.8 Å². The van der Waals surface area contributed by atoms with Crippen LogP contribution in [0.5, 0.6) is 0 Å². The molecule has 0 aliphatic carbocycles. The van der Waals surface area contributed by atoms with E-state index in [1.165, 1.54) is 32.5 Å². The summed E-state index contributed by atoms with van der Waals surface area (Å²) in [5, 5.41) is 5.86. The second kappa shape index (κ2) is 5.80. The van der Waals surface area contributed by atoms with Gasteiger partial charge in [-0.25, -0.2) is 0 Å². The third kappa shape index (κ3) is 2.65. The first-order valence-electron chi connectivity index (χ1n) is 6.36. The molecule has 0 spiro atoms. The van der Waals surface area contributed by atoms with E-state index < -0.39 is 0 Å². The molecule has 1 aromatic rings. The Bertz CT molecular complexity index is 333. The highest BCUT2D eigenvalue weighted by Crippen LogP contribution is 2.28. The maximum absolute atomic E-state index is 3.51. The molecule has 1 aromatic heterocycles. The summed E-state index contributed by atoms with van der Waals surface area (Å²) in [6.45, 7) is 10.3. The van der Waals surface area contributed by atoms with Crippen LogP contribution in [0.15, 0.2) is 5.38 Å². The Morgan fingerprint density at radius 2 is 2.31 bits per heavy atom. The van der Waals surface area contributed by atoms with E-state index in [2.05, 4.69) is 29.4 Å². The van der Waals surface area contributed by atoms with Gasteiger partial charge >= 0.3 is 0 Å². The van der Waals surface area contributed by atoms with Crippen molar-refractivity contribution in [2.24, 2.45) is 0 Å². The van der Waals surface area contributed by atoms with Crippen molar-refractivity contribution in [1.29, 1.82) is 0 Å². The molecule has 0 atom stereocenters. The minimum atomic E-state index is 1.06. The van der Waals surface area contributed by atoms with Gasteiger partial charge < -0.3 is 5.32 Å². The van der Waals surface area contributed by atoms with Crippen molar-refractivity contribution < 1.29 is 0 Å². The highest BCUT2D eigenvalue weighted by molar-refractivity contribution is 7.10. The van der Waals surface area contributed by atoms with Gasteiger partial charge in [0.1, 0.15) is 0 Å². The van der Waals surface area contributed by atoms with Crippen molar-refractivity contribution in [1.82, 2.24) is 10.2 Å². The zero-order valence-electron chi connectivity index (χ0n) is 10.4. The first kappa shape index (κ1) is 12.1. The average molecular weight is 238 g/mol. The Kier molecular flexibility index (Phi) is 4.38. The summed E-state index contributed by atoms with van der Waals surface area (Å²) in [7, 11) is 0. The van der Waals surface area contributed by atoms with Crippen molar-refractivity contribution in [3.63, 3.8) is 0 Å². The lowest BCUT2D eigenvalue weighted by Crippen LogP contribution is -2.29. The van der Waals surface area contributed by atoms with Gasteiger partial charge in [-0.1, -0.05) is 13.8 Å². The Labute approximate surface area is 103 Å². The molecule has 0 fully saturated rings. The quantitative estimate of drug-likeness (QED) is 0.793. The van der Waals surface area contributed by atoms with E-state index in [4.69, 9.17) is 0 Å². The maximum atomic E-state index is 3.51. The number of fused-ring (bicyclic) bond motifs is 1. The highest BCUT2D eigenvalue weighted by Gasteiger charge is 2.19. The minimum Gasteiger partial charge on any atom is -0.313 e. The lowest BCUT2D eigenvalue weighted by atomic mass is 10.0. The molecule has 0 saturated heterocycles. The maximum Gasteiger partial charge on any atom is 0.0330 e. The molecular formula is C13H22N2S. The van der Waals surface area contributed by atoms with Gasteiger partial charge in [0.05, 0.1) is 0 Å². The van der Waals surface area contributed by atoms with Gasteiger partial charge in [0.25, 0.3) is 0 Å². The summed E-state index contributed by atoms with van der Waals surface area (Å²) in [5.41, 5.74) is 3.18. The van der Waals surface area contributed by atoms with Crippen molar-refractivity contribution in [3.05, 3.63) is 21.4 Å². The van der Waals surface area contributed by atoms with Gasteiger partial charge in [-0.3, -0.25) is 4.90 Å². The predicted octanol–water partition coefficient (Wildman–Crippen LogP) is 2.63. The summed E-state index contributed by atoms with van der Waals surface area (Å²) in [6.07, 6.45) is 2.46. The van der Waals surface area contributed by atoms with Gasteiger partial charge in [-0.2, -0.15) is 0 Å². The van der Waals surface area contributed by atoms with Gasteiger partial charge in [0.15, 0.2) is 0 Å². The van der Waals surface area contributed by atoms with Crippen LogP contribution >= 0.6 is 11.3 Å². The molecule has 0 amide bonds. The molecule has 90 valence electrons. The summed E-state index contributed by atoms with van der Waals surface area (Å²) < 4.78 is 0. The fourth-order valence-electron chi connectivity index (χ4n) is 2.27. The van der Waals surface area contributed by atoms with Gasteiger partial charge in [-0.15, -0.1) is 11.3 Å². The Balaban J connectivity index is 1.99. The summed E-state index contributed by atoms with van der Waals surface area (Å²) >= 11 is 1.95. The molecule has 0 saturated carbocycles. The second-order valence-corrected chi connectivity index (χ2v) is 5.42. The molecule has 1 N–H and O–H groups in total. The topological polar surface area (TPSA) is 15.3 Å². The molecule has 0 bridgehead atoms. The molecule has 0 radical (unpaired) electrons. The molecule has 1 aliphatic rings. The molecule has 2 heterocycles. The van der Waals surface area contributed by atoms with E-state index in [1.54, 1.807) is 16.0 Å². The molecule has 16 heavy (non-hydrogen) atoms. The molecule has 0 aromatic carbocycles. The molecule has 1 aliphatic heterocycles. The third-order valence-corrected chi connectivity index (χ3v) is 4.36. The van der Waals surface area contributed by atoms with Gasteiger partial charge in [-0.05, 0) is 42.4 Å². The SMILES string of the molecule is CCCNCc1csc2c1CCN(CC)C2. The summed E-state index contributed by atoms with van der Waals surface area (Å²) in [5.74, 6) is 0. The van der Waals surface area contributed by atoms with Crippen LogP contribution in [0.4, 0.5) is 0 Å². The zero-order chi connectivity index (χ0) is 11.4. The predicted molar refractivity (Wildman–Crippen MR) is 71.0 cm³/mol. The number of hydrogen-bond acceptors (Lipinski definition) is 3. The fourth-order valence-corrected chi connectivity index (χ4v) is 3.41. The molecule has 2 rings (SSSR count). The van der Waals surface area contributed by atoms with Crippen LogP contribution in [-0.2, 0) is 19.5 Å². The summed E-state index contributed by atoms with van der Waals surface area (Å²) in [4.78, 5) is 4.13. The van der Waals surface area contributed by atoms with Gasteiger partial charge in [0, 0.05) is 24.5 Å². The monoisotopic (exact) mass is 238 g/mol. The number of thiophene rings is 1. The molecule has 0 unspecified atom stereocenters. The second-order valence-electron chi connectivity index (χ2n) is 4.46. The van der Waals surface area contributed by atoms with Crippen LogP contribution in [-0.4, -0.2) is 24.5 Å². The number of nitrogens with zero attached hydrogens (tertiary/aromatic N) is 1. The zero-order valence-corrected chi connectivity index (χ0v) is 11.2. The Hall–Kier alpha value is -0.380. The number of likely N-dealkylation sites (N-methyl/N-ethyl adjacent to an activating group) is 1. The van der Waals surface area contributed by atoms with E-state index >= 15 is 0 Å². The normalized spacial score (nSPS) is 16.4. The Morgan fingerprint density at radius 3 is 3.06 bits per heavy atom. The Morgan fingerprint density at radius 1 is 1.44 bits per heavy atom. The first-order valence-corrected chi connectivity index (χ1v) is 7.24. The molecule has 3 heteroatoms. The van der Waals surface area contributed by atoms with Crippen LogP contribution < -0.4 is 5.32 Å². The van der Waals surface area contributed by atoms with E-state index in [9.17, 15) is 0 Å². The van der Waals surface area contributed by atoms with E-state index in [0.717, 1.165) is 13.1 Å². The van der Waals surface area contributed by atoms with Crippen LogP contribution in [0.1, 0.15) is 36.3 Å². The van der Waals surface area contributed by atoms with E-state index in [0.29, 0.717) is 0 Å². The van der Waals surface area contributed by atoms with Crippen LogP contribution in [0.3, 0.4) is 0 Å². The van der Waals surface area contributed by atoms with Crippen LogP contribution in [0, 0.1) is 0 Å². The van der Waals surface area contributed by atoms with Crippen molar-refractivity contribution >= 4 is 11.3 Å². The van der Waals surface area contributed by atoms with Gasteiger partial charge in [0.2, 0.25) is 0 Å². The fraction of sp³-hybridized carbons (Fsp3) is 0.692. The number of hydrogen-bond donors (Lipinski definition) is 1. The minimum absolute atomic E-state index is 1.06. The standard InChI is InChI=1S/C13H22N2S/c1-3-6-14-8-11-10-16-13-9-15(4-2)7-5-12(11)13/h10,14H,3-9H2,1-2H3. The van der Waals surface area contributed by atoms with Crippen LogP contribution in [0.25, 0.3) is 0 Å². The van der Waals surface area contributed by atoms with Crippen molar-refractivity contribution in [2.75, 3.05) is 19.6 Å². The van der Waals surface area contributed by atoms with Crippen molar-refractivity contribution in [3.8, 4) is 0 Å². The average Bonchev–Trinajstić information content (AvgIpc) is 2.72. The summed E-state index contributed by atoms with van der Waals surface area (Å²) in [6, 6.07) is 0. The molecule has 2 nitrogen and oxygen atoms in total.